The maximum Gasteiger partial charge on any atom is 0.324 e. The number of carbonyl (C=O) groups excluding carboxylic acids is 2. The van der Waals surface area contributed by atoms with Crippen molar-refractivity contribution in [3.63, 3.8) is 0 Å². The molecule has 1 fully saturated rings. The van der Waals surface area contributed by atoms with Crippen LogP contribution < -0.4 is 10.9 Å². The lowest BCUT2D eigenvalue weighted by molar-refractivity contribution is -0.126. The topological polar surface area (TPSA) is 84.3 Å². The summed E-state index contributed by atoms with van der Waals surface area (Å²) in [7, 11) is 0. The maximum atomic E-state index is 13.3. The van der Waals surface area contributed by atoms with Gasteiger partial charge in [0.1, 0.15) is 4.83 Å². The molecule has 1 aliphatic rings. The van der Waals surface area contributed by atoms with Crippen LogP contribution in [0.4, 0.5) is 4.79 Å². The number of amides is 3. The van der Waals surface area contributed by atoms with E-state index in [9.17, 15) is 14.4 Å². The molecule has 0 radical (unpaired) electrons. The molecule has 0 aromatic carbocycles. The summed E-state index contributed by atoms with van der Waals surface area (Å²) in [6.07, 6.45) is 1.64. The van der Waals surface area contributed by atoms with Gasteiger partial charge in [-0.15, -0.1) is 29.3 Å². The molecule has 3 aromatic heterocycles. The van der Waals surface area contributed by atoms with Gasteiger partial charge in [0.2, 0.25) is 5.91 Å². The van der Waals surface area contributed by atoms with Gasteiger partial charge < -0.3 is 5.32 Å². The van der Waals surface area contributed by atoms with Crippen molar-refractivity contribution in [3.05, 3.63) is 45.9 Å². The normalized spacial score (nSPS) is 14.9. The highest BCUT2D eigenvalue weighted by Gasteiger charge is 2.31. The molecule has 0 aliphatic carbocycles. The van der Waals surface area contributed by atoms with Crippen LogP contribution in [0.3, 0.4) is 0 Å². The lowest BCUT2D eigenvalue weighted by Gasteiger charge is -2.18. The molecule has 150 valence electrons. The minimum absolute atomic E-state index is 0.152. The zero-order valence-electron chi connectivity index (χ0n) is 15.6. The number of allylic oxidation sites excluding steroid dienone is 1. The van der Waals surface area contributed by atoms with Crippen molar-refractivity contribution in [1.82, 2.24) is 19.8 Å². The highest BCUT2D eigenvalue weighted by atomic mass is 32.2. The second-order valence-corrected chi connectivity index (χ2v) is 9.50. The molecule has 1 atom stereocenters. The van der Waals surface area contributed by atoms with E-state index in [0.717, 1.165) is 10.4 Å². The van der Waals surface area contributed by atoms with Gasteiger partial charge in [0.05, 0.1) is 10.6 Å². The van der Waals surface area contributed by atoms with Crippen LogP contribution in [-0.2, 0) is 11.3 Å². The zero-order valence-corrected chi connectivity index (χ0v) is 18.0. The van der Waals surface area contributed by atoms with Crippen LogP contribution in [-0.4, -0.2) is 44.7 Å². The van der Waals surface area contributed by atoms with Crippen molar-refractivity contribution >= 4 is 56.6 Å². The lowest BCUT2D eigenvalue weighted by atomic mass is 10.2. The van der Waals surface area contributed by atoms with Gasteiger partial charge in [-0.05, 0) is 18.4 Å². The minimum Gasteiger partial charge on any atom is -0.336 e. The molecular formula is C19H18N4O3S3. The molecule has 4 heterocycles. The Labute approximate surface area is 179 Å². The monoisotopic (exact) mass is 446 g/mol. The van der Waals surface area contributed by atoms with Crippen LogP contribution in [0.1, 0.15) is 6.92 Å². The van der Waals surface area contributed by atoms with Gasteiger partial charge in [-0.2, -0.15) is 0 Å². The van der Waals surface area contributed by atoms with Crippen molar-refractivity contribution in [2.24, 2.45) is 0 Å². The molecule has 1 N–H and O–H groups in total. The molecule has 0 saturated carbocycles. The van der Waals surface area contributed by atoms with Crippen molar-refractivity contribution in [1.29, 1.82) is 0 Å². The Morgan fingerprint density at radius 1 is 1.45 bits per heavy atom. The molecule has 4 rings (SSSR count). The number of rotatable bonds is 6. The molecule has 0 spiro atoms. The van der Waals surface area contributed by atoms with Gasteiger partial charge in [-0.3, -0.25) is 19.1 Å². The summed E-state index contributed by atoms with van der Waals surface area (Å²) in [6.45, 7) is 6.56. The summed E-state index contributed by atoms with van der Waals surface area (Å²) >= 11 is 4.17. The van der Waals surface area contributed by atoms with Gasteiger partial charge in [-0.25, -0.2) is 9.78 Å². The SMILES string of the molecule is C=CCn1c(SC(C)C(=O)N2CCNC2=O)nc2scc(-c3cccs3)c2c1=O. The van der Waals surface area contributed by atoms with Gasteiger partial charge in [-0.1, -0.05) is 23.9 Å². The molecule has 29 heavy (non-hydrogen) atoms. The number of thiophene rings is 2. The maximum absolute atomic E-state index is 13.3. The molecule has 10 heteroatoms. The van der Waals surface area contributed by atoms with E-state index < -0.39 is 5.25 Å². The van der Waals surface area contributed by atoms with Crippen molar-refractivity contribution in [3.8, 4) is 10.4 Å². The Balaban J connectivity index is 1.73. The largest absolute Gasteiger partial charge is 0.336 e. The number of hydrogen-bond donors (Lipinski definition) is 1. The summed E-state index contributed by atoms with van der Waals surface area (Å²) in [5.74, 6) is -0.296. The third-order valence-electron chi connectivity index (χ3n) is 4.51. The average Bonchev–Trinajstić information content (AvgIpc) is 3.44. The zero-order chi connectivity index (χ0) is 20.5. The first-order valence-electron chi connectivity index (χ1n) is 8.94. The van der Waals surface area contributed by atoms with Crippen molar-refractivity contribution < 1.29 is 9.59 Å². The number of hydrogen-bond acceptors (Lipinski definition) is 7. The predicted molar refractivity (Wildman–Crippen MR) is 118 cm³/mol. The molecule has 1 aliphatic heterocycles. The van der Waals surface area contributed by atoms with Crippen molar-refractivity contribution in [2.75, 3.05) is 13.1 Å². The number of fused-ring (bicyclic) bond motifs is 1. The summed E-state index contributed by atoms with van der Waals surface area (Å²) in [6, 6.07) is 3.55. The van der Waals surface area contributed by atoms with Crippen LogP contribution in [0.25, 0.3) is 20.7 Å². The van der Waals surface area contributed by atoms with E-state index in [1.54, 1.807) is 24.3 Å². The fourth-order valence-electron chi connectivity index (χ4n) is 3.11. The molecule has 3 aromatic rings. The number of nitrogens with one attached hydrogen (secondary N) is 1. The van der Waals surface area contributed by atoms with Crippen LogP contribution in [0.15, 0.2) is 45.5 Å². The summed E-state index contributed by atoms with van der Waals surface area (Å²) in [5.41, 5.74) is 0.727. The smallest absolute Gasteiger partial charge is 0.324 e. The van der Waals surface area contributed by atoms with Gasteiger partial charge >= 0.3 is 6.03 Å². The lowest BCUT2D eigenvalue weighted by Crippen LogP contribution is -2.39. The standard InChI is InChI=1S/C19H18N4O3S3/c1-3-7-23-17(25)14-12(13-5-4-9-27-13)10-28-15(14)21-19(23)29-11(2)16(24)22-8-6-20-18(22)26/h3-5,9-11H,1,6-8H2,2H3,(H,20,26). The summed E-state index contributed by atoms with van der Waals surface area (Å²) in [5, 5.41) is 7.02. The molecule has 1 saturated heterocycles. The highest BCUT2D eigenvalue weighted by Crippen LogP contribution is 2.35. The number of urea groups is 1. The Hall–Kier alpha value is -2.43. The van der Waals surface area contributed by atoms with Crippen LogP contribution in [0.5, 0.6) is 0 Å². The first-order chi connectivity index (χ1) is 14.0. The van der Waals surface area contributed by atoms with Gasteiger partial charge in [0.15, 0.2) is 5.16 Å². The third kappa shape index (κ3) is 3.63. The number of carbonyl (C=O) groups is 2. The third-order valence-corrected chi connectivity index (χ3v) is 7.36. The van der Waals surface area contributed by atoms with Crippen LogP contribution in [0.2, 0.25) is 0 Å². The van der Waals surface area contributed by atoms with E-state index >= 15 is 0 Å². The quantitative estimate of drug-likeness (QED) is 0.356. The number of thioether (sulfide) groups is 1. The van der Waals surface area contributed by atoms with Crippen LogP contribution >= 0.6 is 34.4 Å². The van der Waals surface area contributed by atoms with Crippen LogP contribution in [0, 0.1) is 0 Å². The Morgan fingerprint density at radius 2 is 2.28 bits per heavy atom. The Morgan fingerprint density at radius 3 is 2.93 bits per heavy atom. The summed E-state index contributed by atoms with van der Waals surface area (Å²) < 4.78 is 1.54. The average molecular weight is 447 g/mol. The molecular weight excluding hydrogens is 428 g/mol. The molecule has 1 unspecified atom stereocenters. The van der Waals surface area contributed by atoms with E-state index in [1.165, 1.54) is 32.6 Å². The number of aromatic nitrogens is 2. The second kappa shape index (κ2) is 8.13. The predicted octanol–water partition coefficient (Wildman–Crippen LogP) is 3.40. The highest BCUT2D eigenvalue weighted by molar-refractivity contribution is 8.00. The first kappa shape index (κ1) is 19.9. The Bertz CT molecular complexity index is 1150. The van der Waals surface area contributed by atoms with Gasteiger partial charge in [0, 0.05) is 35.5 Å². The summed E-state index contributed by atoms with van der Waals surface area (Å²) in [4.78, 5) is 45.3. The van der Waals surface area contributed by atoms with E-state index in [4.69, 9.17) is 0 Å². The molecule has 0 bridgehead atoms. The van der Waals surface area contributed by atoms with E-state index in [-0.39, 0.29) is 24.0 Å². The van der Waals surface area contributed by atoms with Gasteiger partial charge in [0.25, 0.3) is 5.56 Å². The van der Waals surface area contributed by atoms with E-state index in [2.05, 4.69) is 16.9 Å². The molecule has 3 amide bonds. The first-order valence-corrected chi connectivity index (χ1v) is 11.6. The van der Waals surface area contributed by atoms with E-state index in [0.29, 0.717) is 28.5 Å². The number of imide groups is 1. The molecule has 7 nitrogen and oxygen atoms in total. The van der Waals surface area contributed by atoms with E-state index in [1.807, 2.05) is 22.9 Å². The fourth-order valence-corrected chi connectivity index (χ4v) is 5.89. The Kier molecular flexibility index (Phi) is 5.57. The van der Waals surface area contributed by atoms with Crippen molar-refractivity contribution in [2.45, 2.75) is 23.9 Å². The minimum atomic E-state index is -0.559. The number of nitrogens with zero attached hydrogens (tertiary/aromatic N) is 3. The fraction of sp³-hybridized carbons (Fsp3) is 0.263. The second-order valence-electron chi connectivity index (χ2n) is 6.39.